The second kappa shape index (κ2) is 9.44. The zero-order valence-electron chi connectivity index (χ0n) is 21.3. The van der Waals surface area contributed by atoms with Crippen LogP contribution in [0.3, 0.4) is 0 Å². The van der Waals surface area contributed by atoms with Crippen LogP contribution in [0.5, 0.6) is 5.75 Å². The molecular formula is C30H32N6O2. The summed E-state index contributed by atoms with van der Waals surface area (Å²) in [6.07, 6.45) is 7.91. The van der Waals surface area contributed by atoms with E-state index >= 15 is 0 Å². The van der Waals surface area contributed by atoms with E-state index in [4.69, 9.17) is 10.5 Å². The molecule has 1 atom stereocenters. The van der Waals surface area contributed by atoms with Gasteiger partial charge in [-0.3, -0.25) is 9.69 Å². The molecular weight excluding hydrogens is 476 g/mol. The summed E-state index contributed by atoms with van der Waals surface area (Å²) >= 11 is 0. The number of fused-ring (bicyclic) bond motifs is 2. The van der Waals surface area contributed by atoms with Crippen LogP contribution in [0.15, 0.2) is 61.1 Å². The van der Waals surface area contributed by atoms with Crippen molar-refractivity contribution in [1.29, 1.82) is 0 Å². The highest BCUT2D eigenvalue weighted by atomic mass is 16.5. The van der Waals surface area contributed by atoms with Gasteiger partial charge in [-0.05, 0) is 54.4 Å². The van der Waals surface area contributed by atoms with E-state index in [1.165, 1.54) is 11.1 Å². The zero-order valence-corrected chi connectivity index (χ0v) is 21.3. The average Bonchev–Trinajstić information content (AvgIpc) is 3.31. The van der Waals surface area contributed by atoms with Gasteiger partial charge in [-0.1, -0.05) is 42.5 Å². The maximum absolute atomic E-state index is 11.8. The van der Waals surface area contributed by atoms with Crippen molar-refractivity contribution in [1.82, 2.24) is 24.8 Å². The van der Waals surface area contributed by atoms with Crippen molar-refractivity contribution in [3.05, 3.63) is 72.2 Å². The van der Waals surface area contributed by atoms with Crippen molar-refractivity contribution in [2.24, 2.45) is 5.92 Å². The Bertz CT molecular complexity index is 1490. The number of benzene rings is 2. The quantitative estimate of drug-likeness (QED) is 0.421. The van der Waals surface area contributed by atoms with Gasteiger partial charge in [0.15, 0.2) is 0 Å². The van der Waals surface area contributed by atoms with Crippen LogP contribution in [0.25, 0.3) is 22.2 Å². The molecule has 1 aliphatic carbocycles. The number of amides is 1. The number of hydrogen-bond donors (Lipinski definition) is 2. The average molecular weight is 509 g/mol. The highest BCUT2D eigenvalue weighted by molar-refractivity contribution is 6.01. The third kappa shape index (κ3) is 4.19. The molecule has 2 fully saturated rings. The number of nitrogens with two attached hydrogens (primary N) is 1. The Balaban J connectivity index is 1.16. The van der Waals surface area contributed by atoms with Crippen molar-refractivity contribution in [2.75, 3.05) is 31.9 Å². The molecule has 0 spiro atoms. The lowest BCUT2D eigenvalue weighted by Gasteiger charge is -2.40. The summed E-state index contributed by atoms with van der Waals surface area (Å²) in [6, 6.07) is 17.3. The van der Waals surface area contributed by atoms with Crippen LogP contribution < -0.4 is 15.8 Å². The Kier molecular flexibility index (Phi) is 5.77. The number of ether oxygens (including phenoxy) is 1. The third-order valence-corrected chi connectivity index (χ3v) is 8.37. The lowest BCUT2D eigenvalue weighted by Crippen LogP contribution is -2.50. The zero-order chi connectivity index (χ0) is 25.6. The predicted molar refractivity (Wildman–Crippen MR) is 147 cm³/mol. The van der Waals surface area contributed by atoms with E-state index < -0.39 is 0 Å². The van der Waals surface area contributed by atoms with E-state index in [1.54, 1.807) is 6.33 Å². The van der Waals surface area contributed by atoms with Crippen LogP contribution >= 0.6 is 0 Å². The molecule has 4 aromatic rings. The third-order valence-electron chi connectivity index (χ3n) is 8.37. The number of rotatable bonds is 5. The van der Waals surface area contributed by atoms with Gasteiger partial charge in [0.1, 0.15) is 29.6 Å². The van der Waals surface area contributed by atoms with E-state index in [0.717, 1.165) is 73.2 Å². The SMILES string of the molecule is Nc1ncnc2c1c(-c1ccc3c(c1)OC(c1ccccc1)CC3)cn2C1CC(CN2CCNC(=O)C2)C1. The molecule has 38 heavy (non-hydrogen) atoms. The van der Waals surface area contributed by atoms with Crippen molar-refractivity contribution in [3.8, 4) is 16.9 Å². The first-order valence-electron chi connectivity index (χ1n) is 13.6. The number of nitrogen functional groups attached to an aromatic ring is 1. The number of hydrogen-bond acceptors (Lipinski definition) is 6. The fourth-order valence-corrected chi connectivity index (χ4v) is 6.33. The number of piperazine rings is 1. The molecule has 1 saturated carbocycles. The minimum absolute atomic E-state index is 0.0617. The Hall–Kier alpha value is -3.91. The molecule has 8 nitrogen and oxygen atoms in total. The van der Waals surface area contributed by atoms with Gasteiger partial charge in [0.05, 0.1) is 11.9 Å². The number of aryl methyl sites for hydroxylation is 1. The number of nitrogens with zero attached hydrogens (tertiary/aromatic N) is 4. The van der Waals surface area contributed by atoms with E-state index in [2.05, 4.69) is 73.4 Å². The fourth-order valence-electron chi connectivity index (χ4n) is 6.33. The molecule has 2 aromatic heterocycles. The molecule has 3 aliphatic rings. The van der Waals surface area contributed by atoms with Gasteiger partial charge in [0.2, 0.25) is 5.91 Å². The van der Waals surface area contributed by atoms with Crippen molar-refractivity contribution >= 4 is 22.8 Å². The molecule has 0 radical (unpaired) electrons. The summed E-state index contributed by atoms with van der Waals surface area (Å²) in [5.41, 5.74) is 11.9. The smallest absolute Gasteiger partial charge is 0.234 e. The van der Waals surface area contributed by atoms with Crippen LogP contribution in [0.1, 0.15) is 42.5 Å². The van der Waals surface area contributed by atoms with Crippen molar-refractivity contribution in [3.63, 3.8) is 0 Å². The minimum Gasteiger partial charge on any atom is -0.485 e. The number of carbonyl (C=O) groups is 1. The maximum atomic E-state index is 11.8. The van der Waals surface area contributed by atoms with E-state index in [1.807, 2.05) is 6.07 Å². The summed E-state index contributed by atoms with van der Waals surface area (Å²) in [5, 5.41) is 3.81. The second-order valence-corrected chi connectivity index (χ2v) is 10.9. The van der Waals surface area contributed by atoms with Gasteiger partial charge in [-0.25, -0.2) is 9.97 Å². The molecule has 2 aromatic carbocycles. The van der Waals surface area contributed by atoms with Gasteiger partial charge in [0, 0.05) is 37.4 Å². The maximum Gasteiger partial charge on any atom is 0.234 e. The molecule has 4 heterocycles. The number of anilines is 1. The lowest BCUT2D eigenvalue weighted by atomic mass is 9.79. The Morgan fingerprint density at radius 2 is 1.97 bits per heavy atom. The van der Waals surface area contributed by atoms with Crippen LogP contribution in [-0.2, 0) is 11.2 Å². The van der Waals surface area contributed by atoms with E-state index in [-0.39, 0.29) is 12.0 Å². The van der Waals surface area contributed by atoms with Crippen LogP contribution in [0.4, 0.5) is 5.82 Å². The summed E-state index contributed by atoms with van der Waals surface area (Å²) in [6.45, 7) is 3.15. The number of aromatic nitrogens is 3. The lowest BCUT2D eigenvalue weighted by molar-refractivity contribution is -0.124. The first-order chi connectivity index (χ1) is 18.6. The van der Waals surface area contributed by atoms with Gasteiger partial charge in [-0.15, -0.1) is 0 Å². The Morgan fingerprint density at radius 3 is 2.82 bits per heavy atom. The van der Waals surface area contributed by atoms with Gasteiger partial charge in [-0.2, -0.15) is 0 Å². The number of carbonyl (C=O) groups excluding carboxylic acids is 1. The van der Waals surface area contributed by atoms with Crippen molar-refractivity contribution in [2.45, 2.75) is 37.8 Å². The van der Waals surface area contributed by atoms with Gasteiger partial charge in [0.25, 0.3) is 0 Å². The van der Waals surface area contributed by atoms with Crippen molar-refractivity contribution < 1.29 is 9.53 Å². The standard InChI is InChI=1S/C30H32N6O2/c31-29-28-24(22-7-6-21-8-9-25(38-26(21)14-22)20-4-2-1-3-5-20)16-36(30(28)34-18-33-29)23-12-19(13-23)15-35-11-10-32-27(37)17-35/h1-7,14,16,18-19,23,25H,8-13,15,17H2,(H,32,37)(H2,31,33,34). The summed E-state index contributed by atoms with van der Waals surface area (Å²) < 4.78 is 8.79. The molecule has 0 bridgehead atoms. The minimum atomic E-state index is 0.0617. The molecule has 7 rings (SSSR count). The van der Waals surface area contributed by atoms with E-state index in [9.17, 15) is 4.79 Å². The second-order valence-electron chi connectivity index (χ2n) is 10.9. The molecule has 3 N–H and O–H groups in total. The topological polar surface area (TPSA) is 98.3 Å². The van der Waals surface area contributed by atoms with Crippen LogP contribution in [0.2, 0.25) is 0 Å². The van der Waals surface area contributed by atoms with Crippen LogP contribution in [0, 0.1) is 5.92 Å². The highest BCUT2D eigenvalue weighted by Gasteiger charge is 2.34. The van der Waals surface area contributed by atoms with E-state index in [0.29, 0.717) is 24.3 Å². The summed E-state index contributed by atoms with van der Waals surface area (Å²) in [7, 11) is 0. The summed E-state index contributed by atoms with van der Waals surface area (Å²) in [4.78, 5) is 23.0. The molecule has 194 valence electrons. The largest absolute Gasteiger partial charge is 0.485 e. The summed E-state index contributed by atoms with van der Waals surface area (Å²) in [5.74, 6) is 2.15. The van der Waals surface area contributed by atoms with Gasteiger partial charge < -0.3 is 20.4 Å². The Morgan fingerprint density at radius 1 is 1.11 bits per heavy atom. The molecule has 1 unspecified atom stereocenters. The monoisotopic (exact) mass is 508 g/mol. The number of nitrogens with one attached hydrogen (secondary N) is 1. The highest BCUT2D eigenvalue weighted by Crippen LogP contribution is 2.44. The first kappa shape index (κ1) is 23.2. The first-order valence-corrected chi connectivity index (χ1v) is 13.6. The molecule has 1 saturated heterocycles. The molecule has 8 heteroatoms. The Labute approximate surface area is 221 Å². The molecule has 2 aliphatic heterocycles. The normalized spacial score (nSPS) is 23.4. The van der Waals surface area contributed by atoms with Crippen LogP contribution in [-0.4, -0.2) is 51.5 Å². The van der Waals surface area contributed by atoms with Gasteiger partial charge >= 0.3 is 0 Å². The predicted octanol–water partition coefficient (Wildman–Crippen LogP) is 4.13. The fraction of sp³-hybridized carbons (Fsp3) is 0.367. The molecule has 1 amide bonds.